The van der Waals surface area contributed by atoms with E-state index in [2.05, 4.69) is 19.6 Å². The topological polar surface area (TPSA) is 20.2 Å². The van der Waals surface area contributed by atoms with Crippen LogP contribution >= 0.6 is 0 Å². The Kier molecular flexibility index (Phi) is 3.34. The number of aryl methyl sites for hydroxylation is 2. The van der Waals surface area contributed by atoms with E-state index in [0.717, 1.165) is 24.0 Å². The van der Waals surface area contributed by atoms with E-state index in [1.54, 1.807) is 0 Å². The quantitative estimate of drug-likeness (QED) is 0.772. The molecule has 0 aliphatic carbocycles. The first kappa shape index (κ1) is 10.8. The molecule has 0 aliphatic heterocycles. The largest absolute Gasteiger partial charge is 0.508 e. The molecule has 1 nitrogen and oxygen atoms in total. The van der Waals surface area contributed by atoms with E-state index in [-0.39, 0.29) is 0 Å². The van der Waals surface area contributed by atoms with Gasteiger partial charge in [-0.15, -0.1) is 0 Å². The fraction of sp³-hybridized carbons (Fsp3) is 0.385. The smallest absolute Gasteiger partial charge is 0.119 e. The lowest BCUT2D eigenvalue weighted by Gasteiger charge is -2.11. The van der Waals surface area contributed by atoms with Crippen LogP contribution in [0.15, 0.2) is 18.7 Å². The lowest BCUT2D eigenvalue weighted by Crippen LogP contribution is -1.93. The second-order valence-electron chi connectivity index (χ2n) is 3.63. The van der Waals surface area contributed by atoms with E-state index in [4.69, 9.17) is 0 Å². The van der Waals surface area contributed by atoms with Gasteiger partial charge in [0.2, 0.25) is 0 Å². The molecule has 0 unspecified atom stereocenters. The molecule has 0 aromatic heterocycles. The molecule has 0 spiro atoms. The lowest BCUT2D eigenvalue weighted by molar-refractivity contribution is 0.468. The number of phenols is 1. The highest BCUT2D eigenvalue weighted by Gasteiger charge is 2.07. The molecular formula is C13H18O. The molecule has 0 atom stereocenters. The number of phenolic OH excluding ortho intramolecular Hbond substituents is 1. The summed E-state index contributed by atoms with van der Waals surface area (Å²) in [6.45, 7) is 10.1. The Hall–Kier alpha value is -1.24. The second kappa shape index (κ2) is 4.32. The zero-order chi connectivity index (χ0) is 10.7. The first-order chi connectivity index (χ1) is 6.60. The summed E-state index contributed by atoms with van der Waals surface area (Å²) >= 11 is 0. The van der Waals surface area contributed by atoms with E-state index in [1.165, 1.54) is 11.1 Å². The molecule has 0 saturated carbocycles. The molecule has 0 heterocycles. The van der Waals surface area contributed by atoms with Gasteiger partial charge in [0.05, 0.1) is 0 Å². The third-order valence-electron chi connectivity index (χ3n) is 2.53. The third-order valence-corrected chi connectivity index (χ3v) is 2.53. The maximum atomic E-state index is 9.70. The number of allylic oxidation sites excluding steroid dienone is 1. The molecule has 0 fully saturated rings. The predicted molar refractivity (Wildman–Crippen MR) is 61.6 cm³/mol. The molecule has 0 radical (unpaired) electrons. The molecule has 1 heteroatoms. The van der Waals surface area contributed by atoms with Crippen molar-refractivity contribution in [2.24, 2.45) is 0 Å². The van der Waals surface area contributed by atoms with Crippen molar-refractivity contribution < 1.29 is 5.11 Å². The minimum absolute atomic E-state index is 0.411. The molecule has 0 aliphatic rings. The highest BCUT2D eigenvalue weighted by molar-refractivity contribution is 5.66. The Labute approximate surface area is 86.1 Å². The summed E-state index contributed by atoms with van der Waals surface area (Å²) < 4.78 is 0. The average Bonchev–Trinajstić information content (AvgIpc) is 2.16. The fourth-order valence-corrected chi connectivity index (χ4v) is 1.65. The minimum Gasteiger partial charge on any atom is -0.508 e. The van der Waals surface area contributed by atoms with Gasteiger partial charge in [0.15, 0.2) is 0 Å². The molecule has 0 saturated heterocycles. The van der Waals surface area contributed by atoms with Crippen LogP contribution in [-0.2, 0) is 12.8 Å². The van der Waals surface area contributed by atoms with Crippen LogP contribution in [0.5, 0.6) is 5.75 Å². The Morgan fingerprint density at radius 3 is 2.21 bits per heavy atom. The monoisotopic (exact) mass is 190 g/mol. The van der Waals surface area contributed by atoms with Crippen LogP contribution in [0.25, 0.3) is 5.57 Å². The van der Waals surface area contributed by atoms with Crippen molar-refractivity contribution in [3.63, 3.8) is 0 Å². The first-order valence-electron chi connectivity index (χ1n) is 5.10. The average molecular weight is 190 g/mol. The van der Waals surface area contributed by atoms with Crippen LogP contribution in [0.1, 0.15) is 37.5 Å². The number of rotatable bonds is 3. The maximum absolute atomic E-state index is 9.70. The van der Waals surface area contributed by atoms with E-state index in [1.807, 2.05) is 19.9 Å². The summed E-state index contributed by atoms with van der Waals surface area (Å²) in [7, 11) is 0. The fourth-order valence-electron chi connectivity index (χ4n) is 1.65. The van der Waals surface area contributed by atoms with Gasteiger partial charge < -0.3 is 5.11 Å². The van der Waals surface area contributed by atoms with Crippen molar-refractivity contribution in [1.29, 1.82) is 0 Å². The molecule has 14 heavy (non-hydrogen) atoms. The van der Waals surface area contributed by atoms with Gasteiger partial charge in [-0.05, 0) is 48.6 Å². The highest BCUT2D eigenvalue weighted by atomic mass is 16.3. The molecule has 1 aromatic rings. The van der Waals surface area contributed by atoms with Crippen LogP contribution in [0.2, 0.25) is 0 Å². The van der Waals surface area contributed by atoms with E-state index in [9.17, 15) is 5.11 Å². The number of aromatic hydroxyl groups is 1. The molecule has 0 amide bonds. The van der Waals surface area contributed by atoms with Gasteiger partial charge in [0.25, 0.3) is 0 Å². The summed E-state index contributed by atoms with van der Waals surface area (Å²) in [6, 6.07) is 3.92. The summed E-state index contributed by atoms with van der Waals surface area (Å²) in [5, 5.41) is 9.70. The van der Waals surface area contributed by atoms with Crippen molar-refractivity contribution in [3.05, 3.63) is 35.4 Å². The van der Waals surface area contributed by atoms with Crippen molar-refractivity contribution in [3.8, 4) is 5.75 Å². The van der Waals surface area contributed by atoms with Crippen LogP contribution in [0, 0.1) is 0 Å². The Morgan fingerprint density at radius 1 is 1.21 bits per heavy atom. The van der Waals surface area contributed by atoms with Gasteiger partial charge in [0.1, 0.15) is 5.75 Å². The standard InChI is InChI=1S/C13H18O/c1-5-10-8-13(14)11(6-2)7-12(10)9(3)4/h7-8,14H,3,5-6H2,1-2,4H3. The van der Waals surface area contributed by atoms with Crippen molar-refractivity contribution in [2.75, 3.05) is 0 Å². The van der Waals surface area contributed by atoms with Gasteiger partial charge in [-0.1, -0.05) is 26.0 Å². The van der Waals surface area contributed by atoms with Gasteiger partial charge in [-0.3, -0.25) is 0 Å². The van der Waals surface area contributed by atoms with Gasteiger partial charge >= 0.3 is 0 Å². The summed E-state index contributed by atoms with van der Waals surface area (Å²) in [5.41, 5.74) is 4.42. The van der Waals surface area contributed by atoms with Crippen molar-refractivity contribution >= 4 is 5.57 Å². The third kappa shape index (κ3) is 1.98. The van der Waals surface area contributed by atoms with Gasteiger partial charge in [-0.25, -0.2) is 0 Å². The van der Waals surface area contributed by atoms with Gasteiger partial charge in [-0.2, -0.15) is 0 Å². The van der Waals surface area contributed by atoms with Crippen LogP contribution in [-0.4, -0.2) is 5.11 Å². The number of benzene rings is 1. The maximum Gasteiger partial charge on any atom is 0.119 e. The number of hydrogen-bond acceptors (Lipinski definition) is 1. The number of hydrogen-bond donors (Lipinski definition) is 1. The summed E-state index contributed by atoms with van der Waals surface area (Å²) in [4.78, 5) is 0. The minimum atomic E-state index is 0.411. The molecular weight excluding hydrogens is 172 g/mol. The van der Waals surface area contributed by atoms with E-state index >= 15 is 0 Å². The first-order valence-corrected chi connectivity index (χ1v) is 5.10. The van der Waals surface area contributed by atoms with Crippen molar-refractivity contribution in [1.82, 2.24) is 0 Å². The molecule has 1 N–H and O–H groups in total. The van der Waals surface area contributed by atoms with E-state index in [0.29, 0.717) is 5.75 Å². The highest BCUT2D eigenvalue weighted by Crippen LogP contribution is 2.27. The second-order valence-corrected chi connectivity index (χ2v) is 3.63. The van der Waals surface area contributed by atoms with Crippen LogP contribution < -0.4 is 0 Å². The van der Waals surface area contributed by atoms with Gasteiger partial charge in [0, 0.05) is 0 Å². The zero-order valence-corrected chi connectivity index (χ0v) is 9.22. The zero-order valence-electron chi connectivity index (χ0n) is 9.22. The van der Waals surface area contributed by atoms with E-state index < -0.39 is 0 Å². The molecule has 76 valence electrons. The Balaban J connectivity index is 3.32. The van der Waals surface area contributed by atoms with Crippen molar-refractivity contribution in [2.45, 2.75) is 33.6 Å². The van der Waals surface area contributed by atoms with Crippen LogP contribution in [0.3, 0.4) is 0 Å². The van der Waals surface area contributed by atoms with Crippen LogP contribution in [0.4, 0.5) is 0 Å². The summed E-state index contributed by atoms with van der Waals surface area (Å²) in [5.74, 6) is 0.411. The Bertz CT molecular complexity index is 350. The normalized spacial score (nSPS) is 10.2. The molecule has 0 bridgehead atoms. The Morgan fingerprint density at radius 2 is 1.79 bits per heavy atom. The molecule has 1 rings (SSSR count). The predicted octanol–water partition coefficient (Wildman–Crippen LogP) is 3.55. The SMILES string of the molecule is C=C(C)c1cc(CC)c(O)cc1CC. The summed E-state index contributed by atoms with van der Waals surface area (Å²) in [6.07, 6.45) is 1.79. The molecule has 1 aromatic carbocycles. The lowest BCUT2D eigenvalue weighted by atomic mass is 9.96.